The van der Waals surface area contributed by atoms with Gasteiger partial charge in [-0.2, -0.15) is 0 Å². The Balaban J connectivity index is 1.64. The number of benzene rings is 1. The van der Waals surface area contributed by atoms with Gasteiger partial charge in [0.05, 0.1) is 12.7 Å². The Hall–Kier alpha value is -1.86. The summed E-state index contributed by atoms with van der Waals surface area (Å²) in [5.74, 6) is 0.918. The van der Waals surface area contributed by atoms with Crippen molar-refractivity contribution < 1.29 is 9.21 Å². The van der Waals surface area contributed by atoms with E-state index in [1.165, 1.54) is 16.9 Å². The van der Waals surface area contributed by atoms with Gasteiger partial charge in [0, 0.05) is 16.7 Å². The first-order valence-electron chi connectivity index (χ1n) is 8.31. The summed E-state index contributed by atoms with van der Waals surface area (Å²) in [6.07, 6.45) is 4.24. The molecule has 1 N–H and O–H groups in total. The second-order valence-electron chi connectivity index (χ2n) is 5.95. The third kappa shape index (κ3) is 4.22. The lowest BCUT2D eigenvalue weighted by Gasteiger charge is -2.02. The average molecular weight is 376 g/mol. The molecule has 1 aromatic carbocycles. The van der Waals surface area contributed by atoms with Crippen LogP contribution in [0.5, 0.6) is 0 Å². The molecule has 5 nitrogen and oxygen atoms in total. The van der Waals surface area contributed by atoms with Crippen molar-refractivity contribution in [3.8, 4) is 0 Å². The molecule has 0 spiro atoms. The smallest absolute Gasteiger partial charge is 0.230 e. The summed E-state index contributed by atoms with van der Waals surface area (Å²) < 4.78 is 6.55. The number of carbonyl (C=O) groups excluding carboxylic acids is 1. The molecule has 0 aliphatic rings. The second kappa shape index (κ2) is 8.01. The van der Waals surface area contributed by atoms with Crippen molar-refractivity contribution in [1.29, 1.82) is 0 Å². The molecular formula is C18H21N3O2S2. The lowest BCUT2D eigenvalue weighted by atomic mass is 10.0. The minimum absolute atomic E-state index is 0.109. The predicted molar refractivity (Wildman–Crippen MR) is 104 cm³/mol. The van der Waals surface area contributed by atoms with E-state index in [-0.39, 0.29) is 12.3 Å². The van der Waals surface area contributed by atoms with Crippen LogP contribution in [-0.4, -0.2) is 21.9 Å². The summed E-state index contributed by atoms with van der Waals surface area (Å²) >= 11 is 3.10. The number of hydrogen-bond donors (Lipinski definition) is 1. The molecule has 7 heteroatoms. The molecule has 0 saturated heterocycles. The zero-order valence-corrected chi connectivity index (χ0v) is 16.2. The molecule has 3 aromatic rings. The fourth-order valence-electron chi connectivity index (χ4n) is 2.48. The molecule has 0 aliphatic carbocycles. The van der Waals surface area contributed by atoms with Gasteiger partial charge in [0.1, 0.15) is 5.58 Å². The number of amides is 1. The van der Waals surface area contributed by atoms with Gasteiger partial charge in [-0.3, -0.25) is 4.79 Å². The van der Waals surface area contributed by atoms with Crippen LogP contribution in [0.15, 0.2) is 27.2 Å². The first kappa shape index (κ1) is 17.9. The molecule has 0 bridgehead atoms. The SMILES string of the molecule is CCCCSc1nnc(NC(=O)Cc2coc3c(C)c(C)ccc23)s1. The van der Waals surface area contributed by atoms with Gasteiger partial charge in [-0.05, 0) is 31.4 Å². The third-order valence-corrected chi connectivity index (χ3v) is 6.13. The Morgan fingerprint density at radius 2 is 2.16 bits per heavy atom. The van der Waals surface area contributed by atoms with Crippen LogP contribution in [0, 0.1) is 13.8 Å². The molecule has 0 fully saturated rings. The summed E-state index contributed by atoms with van der Waals surface area (Å²) in [4.78, 5) is 12.3. The third-order valence-electron chi connectivity index (χ3n) is 4.07. The number of nitrogens with one attached hydrogen (secondary N) is 1. The summed E-state index contributed by atoms with van der Waals surface area (Å²) in [6.45, 7) is 6.24. The number of carbonyl (C=O) groups is 1. The van der Waals surface area contributed by atoms with E-state index in [0.29, 0.717) is 5.13 Å². The Morgan fingerprint density at radius 3 is 2.96 bits per heavy atom. The van der Waals surface area contributed by atoms with E-state index in [9.17, 15) is 4.79 Å². The summed E-state index contributed by atoms with van der Waals surface area (Å²) in [7, 11) is 0. The van der Waals surface area contributed by atoms with Crippen LogP contribution < -0.4 is 5.32 Å². The molecule has 25 heavy (non-hydrogen) atoms. The monoisotopic (exact) mass is 375 g/mol. The summed E-state index contributed by atoms with van der Waals surface area (Å²) in [5.41, 5.74) is 4.04. The van der Waals surface area contributed by atoms with Crippen LogP contribution in [-0.2, 0) is 11.2 Å². The maximum absolute atomic E-state index is 12.3. The van der Waals surface area contributed by atoms with Gasteiger partial charge in [-0.15, -0.1) is 10.2 Å². The predicted octanol–water partition coefficient (Wildman–Crippen LogP) is 4.97. The molecular weight excluding hydrogens is 354 g/mol. The quantitative estimate of drug-likeness (QED) is 0.358. The van der Waals surface area contributed by atoms with E-state index >= 15 is 0 Å². The molecule has 0 radical (unpaired) electrons. The Morgan fingerprint density at radius 1 is 1.32 bits per heavy atom. The average Bonchev–Trinajstić information content (AvgIpc) is 3.19. The molecule has 0 saturated carbocycles. The minimum atomic E-state index is -0.109. The van der Waals surface area contributed by atoms with Crippen molar-refractivity contribution >= 4 is 45.1 Å². The Kier molecular flexibility index (Phi) is 5.75. The Labute approximate surface area is 155 Å². The van der Waals surface area contributed by atoms with Crippen molar-refractivity contribution in [2.45, 2.75) is 44.4 Å². The minimum Gasteiger partial charge on any atom is -0.464 e. The molecule has 132 valence electrons. The van der Waals surface area contributed by atoms with Crippen molar-refractivity contribution in [2.75, 3.05) is 11.1 Å². The van der Waals surface area contributed by atoms with Gasteiger partial charge in [-0.1, -0.05) is 48.6 Å². The fourth-order valence-corrected chi connectivity index (χ4v) is 4.41. The van der Waals surface area contributed by atoms with E-state index in [0.717, 1.165) is 45.0 Å². The second-order valence-corrected chi connectivity index (χ2v) is 8.26. The largest absolute Gasteiger partial charge is 0.464 e. The number of nitrogens with zero attached hydrogens (tertiary/aromatic N) is 2. The number of fused-ring (bicyclic) bond motifs is 1. The van der Waals surface area contributed by atoms with Gasteiger partial charge in [-0.25, -0.2) is 0 Å². The van der Waals surface area contributed by atoms with Crippen LogP contribution in [0.3, 0.4) is 0 Å². The van der Waals surface area contributed by atoms with Crippen LogP contribution in [0.25, 0.3) is 11.0 Å². The van der Waals surface area contributed by atoms with E-state index in [2.05, 4.69) is 35.4 Å². The van der Waals surface area contributed by atoms with E-state index in [1.807, 2.05) is 13.0 Å². The first-order chi connectivity index (χ1) is 12.1. The van der Waals surface area contributed by atoms with Gasteiger partial charge >= 0.3 is 0 Å². The van der Waals surface area contributed by atoms with Gasteiger partial charge in [0.15, 0.2) is 4.34 Å². The number of rotatable bonds is 7. The molecule has 0 atom stereocenters. The van der Waals surface area contributed by atoms with Gasteiger partial charge < -0.3 is 9.73 Å². The van der Waals surface area contributed by atoms with E-state index in [4.69, 9.17) is 4.42 Å². The van der Waals surface area contributed by atoms with Gasteiger partial charge in [0.25, 0.3) is 0 Å². The summed E-state index contributed by atoms with van der Waals surface area (Å²) in [5, 5.41) is 12.5. The number of anilines is 1. The van der Waals surface area contributed by atoms with Crippen LogP contribution in [0.1, 0.15) is 36.5 Å². The number of hydrogen-bond acceptors (Lipinski definition) is 6. The molecule has 2 aromatic heterocycles. The lowest BCUT2D eigenvalue weighted by molar-refractivity contribution is -0.115. The number of thioether (sulfide) groups is 1. The Bertz CT molecular complexity index is 886. The first-order valence-corrected chi connectivity index (χ1v) is 10.1. The lowest BCUT2D eigenvalue weighted by Crippen LogP contribution is -2.14. The summed E-state index contributed by atoms with van der Waals surface area (Å²) in [6, 6.07) is 4.07. The highest BCUT2D eigenvalue weighted by atomic mass is 32.2. The molecule has 0 unspecified atom stereocenters. The van der Waals surface area contributed by atoms with Crippen molar-refractivity contribution in [2.24, 2.45) is 0 Å². The van der Waals surface area contributed by atoms with Crippen molar-refractivity contribution in [1.82, 2.24) is 10.2 Å². The zero-order valence-electron chi connectivity index (χ0n) is 14.6. The van der Waals surface area contributed by atoms with Gasteiger partial charge in [0.2, 0.25) is 11.0 Å². The van der Waals surface area contributed by atoms with Crippen LogP contribution in [0.4, 0.5) is 5.13 Å². The standard InChI is InChI=1S/C18H21N3O2S2/c1-4-5-8-24-18-21-20-17(25-18)19-15(22)9-13-10-23-16-12(3)11(2)6-7-14(13)16/h6-7,10H,4-5,8-9H2,1-3H3,(H,19,20,22). The highest BCUT2D eigenvalue weighted by Gasteiger charge is 2.14. The van der Waals surface area contributed by atoms with E-state index < -0.39 is 0 Å². The normalized spacial score (nSPS) is 11.2. The molecule has 0 aliphatic heterocycles. The number of unbranched alkanes of at least 4 members (excludes halogenated alkanes) is 1. The highest BCUT2D eigenvalue weighted by Crippen LogP contribution is 2.28. The highest BCUT2D eigenvalue weighted by molar-refractivity contribution is 8.01. The van der Waals surface area contributed by atoms with Crippen molar-refractivity contribution in [3.05, 3.63) is 35.1 Å². The fraction of sp³-hybridized carbons (Fsp3) is 0.389. The number of aromatic nitrogens is 2. The van der Waals surface area contributed by atoms with Crippen LogP contribution >= 0.6 is 23.1 Å². The van der Waals surface area contributed by atoms with Crippen molar-refractivity contribution in [3.63, 3.8) is 0 Å². The maximum Gasteiger partial charge on any atom is 0.230 e. The number of aryl methyl sites for hydroxylation is 2. The molecule has 2 heterocycles. The molecule has 3 rings (SSSR count). The maximum atomic E-state index is 12.3. The van der Waals surface area contributed by atoms with E-state index in [1.54, 1.807) is 18.0 Å². The topological polar surface area (TPSA) is 68.0 Å². The molecule has 1 amide bonds. The zero-order chi connectivity index (χ0) is 17.8. The number of furan rings is 1. The van der Waals surface area contributed by atoms with Crippen LogP contribution in [0.2, 0.25) is 0 Å².